The second kappa shape index (κ2) is 8.14. The minimum Gasteiger partial charge on any atom is -0.451 e. The summed E-state index contributed by atoms with van der Waals surface area (Å²) < 4.78 is 5.19. The lowest BCUT2D eigenvalue weighted by molar-refractivity contribution is -0.163. The number of hydrogen-bond acceptors (Lipinski definition) is 5. The Hall–Kier alpha value is -2.67. The minimum atomic E-state index is -1.11. The molecule has 1 aromatic carbocycles. The zero-order valence-electron chi connectivity index (χ0n) is 15.6. The van der Waals surface area contributed by atoms with Gasteiger partial charge in [0.15, 0.2) is 6.10 Å². The Morgan fingerprint density at radius 2 is 1.75 bits per heavy atom. The van der Waals surface area contributed by atoms with Crippen molar-refractivity contribution in [3.05, 3.63) is 41.4 Å². The Morgan fingerprint density at radius 1 is 1.14 bits per heavy atom. The lowest BCUT2D eigenvalue weighted by atomic mass is 9.85. The smallest absolute Gasteiger partial charge is 0.329 e. The Labute approximate surface area is 167 Å². The van der Waals surface area contributed by atoms with Gasteiger partial charge in [0, 0.05) is 10.7 Å². The van der Waals surface area contributed by atoms with Crippen LogP contribution in [0.15, 0.2) is 36.4 Å². The van der Waals surface area contributed by atoms with E-state index in [2.05, 4.69) is 5.32 Å². The van der Waals surface area contributed by atoms with Gasteiger partial charge in [-0.25, -0.2) is 4.79 Å². The van der Waals surface area contributed by atoms with Gasteiger partial charge in [-0.3, -0.25) is 19.3 Å². The Morgan fingerprint density at radius 3 is 2.32 bits per heavy atom. The maximum Gasteiger partial charge on any atom is 0.329 e. The Bertz CT molecular complexity index is 827. The highest BCUT2D eigenvalue weighted by Gasteiger charge is 2.50. The van der Waals surface area contributed by atoms with Gasteiger partial charge in [0.05, 0.1) is 11.8 Å². The standard InChI is InChI=1S/C20H21ClN2O5/c1-11(23-18(25)15-8-3-4-9-16(15)19(23)26)20(27)28-12(2)17(24)22-14-7-5-6-13(21)10-14/h3-7,10-12,15-16H,8-9H2,1-2H3,(H,22,24)/t11-,12+,15-,16+/m0/s1. The van der Waals surface area contributed by atoms with Crippen LogP contribution in [0, 0.1) is 11.8 Å². The van der Waals surface area contributed by atoms with Crippen molar-refractivity contribution in [2.24, 2.45) is 11.8 Å². The molecule has 2 aliphatic rings. The molecule has 1 heterocycles. The summed E-state index contributed by atoms with van der Waals surface area (Å²) in [6.07, 6.45) is 3.63. The van der Waals surface area contributed by atoms with Gasteiger partial charge in [0.25, 0.3) is 5.91 Å². The fourth-order valence-corrected chi connectivity index (χ4v) is 3.64. The lowest BCUT2D eigenvalue weighted by Crippen LogP contribution is -2.46. The molecule has 8 heteroatoms. The maximum absolute atomic E-state index is 12.6. The van der Waals surface area contributed by atoms with Gasteiger partial charge in [-0.1, -0.05) is 29.8 Å². The van der Waals surface area contributed by atoms with E-state index >= 15 is 0 Å². The van der Waals surface area contributed by atoms with Gasteiger partial charge in [-0.15, -0.1) is 0 Å². The third-order valence-corrected chi connectivity index (χ3v) is 5.26. The number of carbonyl (C=O) groups is 4. The molecule has 7 nitrogen and oxygen atoms in total. The van der Waals surface area contributed by atoms with E-state index in [-0.39, 0.29) is 11.8 Å². The molecule has 0 unspecified atom stereocenters. The average molecular weight is 405 g/mol. The van der Waals surface area contributed by atoms with E-state index in [9.17, 15) is 19.2 Å². The van der Waals surface area contributed by atoms with E-state index in [0.717, 1.165) is 4.90 Å². The largest absolute Gasteiger partial charge is 0.451 e. The van der Waals surface area contributed by atoms with Gasteiger partial charge in [-0.2, -0.15) is 0 Å². The molecule has 3 rings (SSSR count). The summed E-state index contributed by atoms with van der Waals surface area (Å²) in [6.45, 7) is 2.85. The van der Waals surface area contributed by atoms with Crippen LogP contribution >= 0.6 is 11.6 Å². The SMILES string of the molecule is C[C@@H](OC(=O)[C@H](C)N1C(=O)[C@H]2CC=CC[C@H]2C1=O)C(=O)Nc1cccc(Cl)c1. The topological polar surface area (TPSA) is 92.8 Å². The first-order valence-electron chi connectivity index (χ1n) is 9.08. The number of halogens is 1. The van der Waals surface area contributed by atoms with Crippen LogP contribution in [-0.4, -0.2) is 40.7 Å². The van der Waals surface area contributed by atoms with Crippen LogP contribution in [0.3, 0.4) is 0 Å². The van der Waals surface area contributed by atoms with E-state index in [0.29, 0.717) is 23.6 Å². The number of nitrogens with one attached hydrogen (secondary N) is 1. The molecule has 0 radical (unpaired) electrons. The lowest BCUT2D eigenvalue weighted by Gasteiger charge is -2.23. The van der Waals surface area contributed by atoms with Gasteiger partial charge in [0.2, 0.25) is 11.8 Å². The van der Waals surface area contributed by atoms with Crippen LogP contribution in [0.1, 0.15) is 26.7 Å². The molecule has 1 fully saturated rings. The third kappa shape index (κ3) is 3.94. The van der Waals surface area contributed by atoms with Crippen LogP contribution in [-0.2, 0) is 23.9 Å². The van der Waals surface area contributed by atoms with Gasteiger partial charge < -0.3 is 10.1 Å². The van der Waals surface area contributed by atoms with Crippen molar-refractivity contribution >= 4 is 41.0 Å². The van der Waals surface area contributed by atoms with Crippen molar-refractivity contribution in [3.8, 4) is 0 Å². The zero-order valence-corrected chi connectivity index (χ0v) is 16.3. The molecule has 1 aromatic rings. The van der Waals surface area contributed by atoms with Crippen molar-refractivity contribution in [2.45, 2.75) is 38.8 Å². The molecular weight excluding hydrogens is 384 g/mol. The second-order valence-electron chi connectivity index (χ2n) is 6.96. The van der Waals surface area contributed by atoms with Crippen molar-refractivity contribution in [1.29, 1.82) is 0 Å². The number of hydrogen-bond donors (Lipinski definition) is 1. The van der Waals surface area contributed by atoms with E-state index < -0.39 is 35.9 Å². The number of benzene rings is 1. The summed E-state index contributed by atoms with van der Waals surface area (Å²) in [5, 5.41) is 3.05. The molecule has 0 bridgehead atoms. The summed E-state index contributed by atoms with van der Waals surface area (Å²) in [7, 11) is 0. The number of imide groups is 1. The third-order valence-electron chi connectivity index (χ3n) is 5.02. The van der Waals surface area contributed by atoms with Crippen LogP contribution < -0.4 is 5.32 Å². The number of ether oxygens (including phenoxy) is 1. The average Bonchev–Trinajstić information content (AvgIpc) is 2.92. The number of rotatable bonds is 5. The summed E-state index contributed by atoms with van der Waals surface area (Å²) in [4.78, 5) is 50.8. The molecule has 1 N–H and O–H groups in total. The normalized spacial score (nSPS) is 23.2. The molecular formula is C20H21ClN2O5. The summed E-state index contributed by atoms with van der Waals surface area (Å²) in [6, 6.07) is 5.47. The van der Waals surface area contributed by atoms with Crippen LogP contribution in [0.4, 0.5) is 5.69 Å². The number of fused-ring (bicyclic) bond motifs is 1. The predicted octanol–water partition coefficient (Wildman–Crippen LogP) is 2.55. The van der Waals surface area contributed by atoms with E-state index in [1.54, 1.807) is 24.3 Å². The van der Waals surface area contributed by atoms with Crippen LogP contribution in [0.2, 0.25) is 5.02 Å². The molecule has 4 atom stereocenters. The number of carbonyl (C=O) groups excluding carboxylic acids is 4. The molecule has 1 aliphatic heterocycles. The highest BCUT2D eigenvalue weighted by atomic mass is 35.5. The first-order valence-corrected chi connectivity index (χ1v) is 9.46. The highest BCUT2D eigenvalue weighted by Crippen LogP contribution is 2.36. The molecule has 0 aromatic heterocycles. The number of anilines is 1. The van der Waals surface area contributed by atoms with Gasteiger partial charge >= 0.3 is 5.97 Å². The number of nitrogens with zero attached hydrogens (tertiary/aromatic N) is 1. The maximum atomic E-state index is 12.6. The minimum absolute atomic E-state index is 0.361. The number of esters is 1. The van der Waals surface area contributed by atoms with E-state index in [1.807, 2.05) is 12.2 Å². The molecule has 1 aliphatic carbocycles. The molecule has 0 saturated carbocycles. The fraction of sp³-hybridized carbons (Fsp3) is 0.400. The summed E-state index contributed by atoms with van der Waals surface area (Å²) in [5.41, 5.74) is 0.468. The summed E-state index contributed by atoms with van der Waals surface area (Å²) in [5.74, 6) is -2.91. The van der Waals surface area contributed by atoms with Gasteiger partial charge in [-0.05, 0) is 44.9 Å². The molecule has 148 valence electrons. The van der Waals surface area contributed by atoms with Crippen LogP contribution in [0.5, 0.6) is 0 Å². The molecule has 28 heavy (non-hydrogen) atoms. The van der Waals surface area contributed by atoms with Crippen molar-refractivity contribution in [1.82, 2.24) is 4.90 Å². The molecule has 1 saturated heterocycles. The molecule has 3 amide bonds. The first-order chi connectivity index (χ1) is 13.3. The number of amides is 3. The number of likely N-dealkylation sites (tertiary alicyclic amines) is 1. The van der Waals surface area contributed by atoms with Gasteiger partial charge in [0.1, 0.15) is 6.04 Å². The second-order valence-corrected chi connectivity index (χ2v) is 7.39. The monoisotopic (exact) mass is 404 g/mol. The van der Waals surface area contributed by atoms with E-state index in [4.69, 9.17) is 16.3 Å². The number of allylic oxidation sites excluding steroid dienone is 2. The van der Waals surface area contributed by atoms with Crippen molar-refractivity contribution in [3.63, 3.8) is 0 Å². The van der Waals surface area contributed by atoms with Crippen molar-refractivity contribution in [2.75, 3.05) is 5.32 Å². The van der Waals surface area contributed by atoms with Crippen molar-refractivity contribution < 1.29 is 23.9 Å². The Balaban J connectivity index is 1.61. The summed E-state index contributed by atoms with van der Waals surface area (Å²) >= 11 is 5.88. The highest BCUT2D eigenvalue weighted by molar-refractivity contribution is 6.30. The predicted molar refractivity (Wildman–Crippen MR) is 102 cm³/mol. The quantitative estimate of drug-likeness (QED) is 0.462. The zero-order chi connectivity index (χ0) is 20.4. The fourth-order valence-electron chi connectivity index (χ4n) is 3.45. The van der Waals surface area contributed by atoms with E-state index in [1.165, 1.54) is 13.8 Å². The Kier molecular flexibility index (Phi) is 5.84. The first kappa shape index (κ1) is 20.1. The van der Waals surface area contributed by atoms with Crippen LogP contribution in [0.25, 0.3) is 0 Å². The molecule has 0 spiro atoms.